The Morgan fingerprint density at radius 2 is 2.24 bits per heavy atom. The van der Waals surface area contributed by atoms with Crippen LogP contribution in [-0.2, 0) is 4.79 Å². The average molecular weight is 235 g/mol. The molecule has 0 amide bonds. The van der Waals surface area contributed by atoms with Gasteiger partial charge in [-0.3, -0.25) is 0 Å². The Hall–Kier alpha value is -2.01. The van der Waals surface area contributed by atoms with Gasteiger partial charge in [0.15, 0.2) is 11.5 Å². The molecule has 0 aliphatic carbocycles. The van der Waals surface area contributed by atoms with Gasteiger partial charge in [0.1, 0.15) is 0 Å². The van der Waals surface area contributed by atoms with Crippen molar-refractivity contribution in [3.05, 3.63) is 35.9 Å². The van der Waals surface area contributed by atoms with Gasteiger partial charge in [-0.25, -0.2) is 4.79 Å². The Balaban J connectivity index is 2.22. The molecular weight excluding hydrogens is 222 g/mol. The van der Waals surface area contributed by atoms with Gasteiger partial charge in [0, 0.05) is 6.08 Å². The van der Waals surface area contributed by atoms with E-state index in [0.717, 1.165) is 11.6 Å². The SMILES string of the molecule is CNC(/C=C/C(=O)O)c1ccc2c(c1)OCO2. The summed E-state index contributed by atoms with van der Waals surface area (Å²) >= 11 is 0. The van der Waals surface area contributed by atoms with E-state index in [2.05, 4.69) is 5.32 Å². The van der Waals surface area contributed by atoms with Crippen LogP contribution in [0.5, 0.6) is 11.5 Å². The molecule has 1 aliphatic heterocycles. The number of carbonyl (C=O) groups is 1. The summed E-state index contributed by atoms with van der Waals surface area (Å²) in [4.78, 5) is 10.5. The number of likely N-dealkylation sites (N-methyl/N-ethyl adjacent to an activating group) is 1. The molecule has 5 nitrogen and oxygen atoms in total. The lowest BCUT2D eigenvalue weighted by Crippen LogP contribution is -2.14. The van der Waals surface area contributed by atoms with Crippen LogP contribution in [0, 0.1) is 0 Å². The van der Waals surface area contributed by atoms with Gasteiger partial charge in [-0.1, -0.05) is 12.1 Å². The molecule has 0 radical (unpaired) electrons. The van der Waals surface area contributed by atoms with Crippen molar-refractivity contribution in [2.75, 3.05) is 13.8 Å². The topological polar surface area (TPSA) is 67.8 Å². The maximum atomic E-state index is 10.5. The predicted octanol–water partition coefficient (Wildman–Crippen LogP) is 1.32. The summed E-state index contributed by atoms with van der Waals surface area (Å²) < 4.78 is 10.5. The molecule has 5 heteroatoms. The molecule has 1 heterocycles. The standard InChI is InChI=1S/C12H13NO4/c1-13-9(3-5-12(14)15)8-2-4-10-11(6-8)17-7-16-10/h2-6,9,13H,7H2,1H3,(H,14,15)/b5-3+. The van der Waals surface area contributed by atoms with E-state index >= 15 is 0 Å². The zero-order valence-electron chi connectivity index (χ0n) is 9.34. The maximum Gasteiger partial charge on any atom is 0.328 e. The van der Waals surface area contributed by atoms with Crippen LogP contribution >= 0.6 is 0 Å². The maximum absolute atomic E-state index is 10.5. The molecule has 0 bridgehead atoms. The molecule has 1 aromatic rings. The number of hydrogen-bond donors (Lipinski definition) is 2. The molecule has 0 spiro atoms. The minimum atomic E-state index is -0.967. The first-order valence-corrected chi connectivity index (χ1v) is 5.18. The van der Waals surface area contributed by atoms with E-state index in [4.69, 9.17) is 14.6 Å². The van der Waals surface area contributed by atoms with Crippen molar-refractivity contribution in [3.8, 4) is 11.5 Å². The molecule has 0 fully saturated rings. The Morgan fingerprint density at radius 1 is 1.47 bits per heavy atom. The van der Waals surface area contributed by atoms with E-state index < -0.39 is 5.97 Å². The van der Waals surface area contributed by atoms with Crippen LogP contribution in [0.25, 0.3) is 0 Å². The highest BCUT2D eigenvalue weighted by Crippen LogP contribution is 2.34. The number of hydrogen-bond acceptors (Lipinski definition) is 4. The van der Waals surface area contributed by atoms with Gasteiger partial charge in [0.2, 0.25) is 6.79 Å². The molecule has 1 aliphatic rings. The fourth-order valence-electron chi connectivity index (χ4n) is 1.66. The summed E-state index contributed by atoms with van der Waals surface area (Å²) in [5, 5.41) is 11.6. The fraction of sp³-hybridized carbons (Fsp3) is 0.250. The first-order valence-electron chi connectivity index (χ1n) is 5.18. The Kier molecular flexibility index (Phi) is 3.30. The molecule has 2 rings (SSSR count). The van der Waals surface area contributed by atoms with Crippen molar-refractivity contribution in [3.63, 3.8) is 0 Å². The number of carboxylic acids is 1. The Labute approximate surface area is 98.7 Å². The van der Waals surface area contributed by atoms with E-state index in [-0.39, 0.29) is 12.8 Å². The van der Waals surface area contributed by atoms with Crippen LogP contribution in [0.1, 0.15) is 11.6 Å². The highest BCUT2D eigenvalue weighted by Gasteiger charge is 2.15. The second-order valence-electron chi connectivity index (χ2n) is 3.58. The number of fused-ring (bicyclic) bond motifs is 1. The monoisotopic (exact) mass is 235 g/mol. The molecular formula is C12H13NO4. The zero-order valence-corrected chi connectivity index (χ0v) is 9.34. The summed E-state index contributed by atoms with van der Waals surface area (Å²) in [7, 11) is 1.77. The molecule has 90 valence electrons. The molecule has 1 aromatic carbocycles. The third-order valence-electron chi connectivity index (χ3n) is 2.50. The second kappa shape index (κ2) is 4.88. The molecule has 1 unspecified atom stereocenters. The molecule has 0 saturated heterocycles. The third-order valence-corrected chi connectivity index (χ3v) is 2.50. The summed E-state index contributed by atoms with van der Waals surface area (Å²) in [6.07, 6.45) is 2.70. The van der Waals surface area contributed by atoms with Crippen LogP contribution in [0.15, 0.2) is 30.4 Å². The van der Waals surface area contributed by atoms with Crippen molar-refractivity contribution in [2.24, 2.45) is 0 Å². The first kappa shape index (κ1) is 11.5. The van der Waals surface area contributed by atoms with E-state index in [1.807, 2.05) is 18.2 Å². The normalized spacial score (nSPS) is 15.1. The number of ether oxygens (including phenoxy) is 2. The third kappa shape index (κ3) is 2.57. The minimum absolute atomic E-state index is 0.166. The smallest absolute Gasteiger partial charge is 0.328 e. The van der Waals surface area contributed by atoms with Crippen molar-refractivity contribution < 1.29 is 19.4 Å². The van der Waals surface area contributed by atoms with Gasteiger partial charge in [-0.2, -0.15) is 0 Å². The fourth-order valence-corrected chi connectivity index (χ4v) is 1.66. The summed E-state index contributed by atoms with van der Waals surface area (Å²) in [5.74, 6) is 0.434. The van der Waals surface area contributed by atoms with Crippen LogP contribution in [-0.4, -0.2) is 24.9 Å². The summed E-state index contributed by atoms with van der Waals surface area (Å²) in [6.45, 7) is 0.230. The number of carboxylic acid groups (broad SMARTS) is 1. The predicted molar refractivity (Wildman–Crippen MR) is 61.1 cm³/mol. The van der Waals surface area contributed by atoms with E-state index in [9.17, 15) is 4.79 Å². The molecule has 1 atom stereocenters. The number of rotatable bonds is 4. The molecule has 0 aromatic heterocycles. The lowest BCUT2D eigenvalue weighted by atomic mass is 10.1. The van der Waals surface area contributed by atoms with Crippen molar-refractivity contribution in [2.45, 2.75) is 6.04 Å². The number of nitrogens with one attached hydrogen (secondary N) is 1. The minimum Gasteiger partial charge on any atom is -0.478 e. The Morgan fingerprint density at radius 3 is 2.94 bits per heavy atom. The quantitative estimate of drug-likeness (QED) is 0.770. The van der Waals surface area contributed by atoms with E-state index in [1.54, 1.807) is 13.1 Å². The van der Waals surface area contributed by atoms with Crippen LogP contribution < -0.4 is 14.8 Å². The highest BCUT2D eigenvalue weighted by atomic mass is 16.7. The summed E-state index contributed by atoms with van der Waals surface area (Å²) in [6, 6.07) is 5.37. The molecule has 0 saturated carbocycles. The van der Waals surface area contributed by atoms with Gasteiger partial charge in [-0.05, 0) is 24.7 Å². The zero-order chi connectivity index (χ0) is 12.3. The van der Waals surface area contributed by atoms with Crippen LogP contribution in [0.2, 0.25) is 0 Å². The van der Waals surface area contributed by atoms with Gasteiger partial charge in [0.05, 0.1) is 6.04 Å². The van der Waals surface area contributed by atoms with Crippen LogP contribution in [0.4, 0.5) is 0 Å². The van der Waals surface area contributed by atoms with Gasteiger partial charge >= 0.3 is 5.97 Å². The Bertz CT molecular complexity index is 456. The molecule has 2 N–H and O–H groups in total. The summed E-state index contributed by atoms with van der Waals surface area (Å²) in [5.41, 5.74) is 0.925. The van der Waals surface area contributed by atoms with Crippen molar-refractivity contribution in [1.29, 1.82) is 0 Å². The largest absolute Gasteiger partial charge is 0.478 e. The second-order valence-corrected chi connectivity index (χ2v) is 3.58. The highest BCUT2D eigenvalue weighted by molar-refractivity contribution is 5.79. The van der Waals surface area contributed by atoms with Crippen molar-refractivity contribution >= 4 is 5.97 Å². The first-order chi connectivity index (χ1) is 8.20. The lowest BCUT2D eigenvalue weighted by Gasteiger charge is -2.12. The molecule has 17 heavy (non-hydrogen) atoms. The number of benzene rings is 1. The van der Waals surface area contributed by atoms with E-state index in [1.165, 1.54) is 0 Å². The van der Waals surface area contributed by atoms with Gasteiger partial charge in [0.25, 0.3) is 0 Å². The van der Waals surface area contributed by atoms with Gasteiger partial charge in [-0.15, -0.1) is 0 Å². The number of aliphatic carboxylic acids is 1. The van der Waals surface area contributed by atoms with E-state index in [0.29, 0.717) is 11.5 Å². The van der Waals surface area contributed by atoms with Gasteiger partial charge < -0.3 is 19.9 Å². The average Bonchev–Trinajstić information content (AvgIpc) is 2.76. The van der Waals surface area contributed by atoms with Crippen LogP contribution in [0.3, 0.4) is 0 Å². The lowest BCUT2D eigenvalue weighted by molar-refractivity contribution is -0.131. The van der Waals surface area contributed by atoms with Crippen molar-refractivity contribution in [1.82, 2.24) is 5.32 Å².